The molecule has 1 fully saturated rings. The molecule has 0 aromatic heterocycles. The summed E-state index contributed by atoms with van der Waals surface area (Å²) < 4.78 is 24.7. The Bertz CT molecular complexity index is 981. The number of thioether (sulfide) groups is 1. The summed E-state index contributed by atoms with van der Waals surface area (Å²) in [5.41, 5.74) is 0.680. The number of carbonyl (C=O) groups is 2. The van der Waals surface area contributed by atoms with E-state index >= 15 is 0 Å². The van der Waals surface area contributed by atoms with E-state index in [-0.39, 0.29) is 18.9 Å². The minimum absolute atomic E-state index is 0.0281. The van der Waals surface area contributed by atoms with Crippen molar-refractivity contribution >= 4 is 40.1 Å². The van der Waals surface area contributed by atoms with Crippen molar-refractivity contribution in [2.75, 3.05) is 24.1 Å². The van der Waals surface area contributed by atoms with Crippen LogP contribution in [0.4, 0.5) is 15.8 Å². The van der Waals surface area contributed by atoms with E-state index in [1.54, 1.807) is 31.3 Å². The summed E-state index contributed by atoms with van der Waals surface area (Å²) in [6.07, 6.45) is -0.0281. The highest BCUT2D eigenvalue weighted by molar-refractivity contribution is 8.15. The monoisotopic (exact) mass is 401 g/mol. The number of halogens is 1. The lowest BCUT2D eigenvalue weighted by molar-refractivity contribution is -0.121. The van der Waals surface area contributed by atoms with Crippen LogP contribution in [0, 0.1) is 5.82 Å². The van der Waals surface area contributed by atoms with Gasteiger partial charge in [-0.1, -0.05) is 23.9 Å². The molecule has 2 aromatic carbocycles. The number of imide groups is 1. The Morgan fingerprint density at radius 2 is 2.00 bits per heavy atom. The number of nitrogens with zero attached hydrogens (tertiary/aromatic N) is 2. The van der Waals surface area contributed by atoms with E-state index in [1.807, 2.05) is 0 Å². The molecule has 2 aliphatic heterocycles. The van der Waals surface area contributed by atoms with Gasteiger partial charge in [0.25, 0.3) is 0 Å². The molecule has 1 atom stereocenters. The predicted molar refractivity (Wildman–Crippen MR) is 104 cm³/mol. The van der Waals surface area contributed by atoms with Gasteiger partial charge in [-0.15, -0.1) is 0 Å². The standard InChI is InChI=1S/C19H16FN3O4S/c1-21-19(22-11-6-7-14-15(8-11)27-10-26-14)28-16-9-17(24)23(18(16)25)13-5-3-2-4-12(13)20/h2-8,16H,9-10H2,1H3,(H,21,22). The fourth-order valence-corrected chi connectivity index (χ4v) is 3.94. The SMILES string of the molecule is CN=C(Nc1ccc2c(c1)OCO2)SC1CC(=O)N(c2ccccc2F)C1=O. The van der Waals surface area contributed by atoms with Crippen LogP contribution in [0.1, 0.15) is 6.42 Å². The first-order chi connectivity index (χ1) is 13.6. The van der Waals surface area contributed by atoms with Gasteiger partial charge in [-0.25, -0.2) is 9.29 Å². The molecule has 2 amide bonds. The molecular formula is C19H16FN3O4S. The molecule has 9 heteroatoms. The first-order valence-corrected chi connectivity index (χ1v) is 9.36. The van der Waals surface area contributed by atoms with Crippen molar-refractivity contribution in [2.24, 2.45) is 4.99 Å². The van der Waals surface area contributed by atoms with Gasteiger partial charge in [0.1, 0.15) is 11.1 Å². The fraction of sp³-hybridized carbons (Fsp3) is 0.211. The fourth-order valence-electron chi connectivity index (χ4n) is 2.95. The largest absolute Gasteiger partial charge is 0.454 e. The summed E-state index contributed by atoms with van der Waals surface area (Å²) in [6.45, 7) is 0.173. The maximum Gasteiger partial charge on any atom is 0.247 e. The van der Waals surface area contributed by atoms with Gasteiger partial charge >= 0.3 is 0 Å². The molecule has 2 aromatic rings. The second kappa shape index (κ2) is 7.51. The number of fused-ring (bicyclic) bond motifs is 1. The maximum atomic E-state index is 14.0. The molecule has 2 aliphatic rings. The van der Waals surface area contributed by atoms with Gasteiger partial charge in [-0.05, 0) is 24.3 Å². The highest BCUT2D eigenvalue weighted by atomic mass is 32.2. The van der Waals surface area contributed by atoms with Gasteiger partial charge in [0.15, 0.2) is 16.7 Å². The Balaban J connectivity index is 1.48. The Kier molecular flexibility index (Phi) is 4.91. The molecule has 1 N–H and O–H groups in total. The molecule has 28 heavy (non-hydrogen) atoms. The average molecular weight is 401 g/mol. The molecule has 0 aliphatic carbocycles. The summed E-state index contributed by atoms with van der Waals surface area (Å²) in [7, 11) is 1.58. The van der Waals surface area contributed by atoms with Crippen molar-refractivity contribution < 1.29 is 23.5 Å². The molecule has 4 rings (SSSR count). The van der Waals surface area contributed by atoms with Gasteiger partial charge in [0, 0.05) is 25.2 Å². The Hall–Kier alpha value is -3.07. The summed E-state index contributed by atoms with van der Waals surface area (Å²) in [4.78, 5) is 30.1. The first kappa shape index (κ1) is 18.3. The van der Waals surface area contributed by atoms with Crippen molar-refractivity contribution in [2.45, 2.75) is 11.7 Å². The Morgan fingerprint density at radius 1 is 1.21 bits per heavy atom. The van der Waals surface area contributed by atoms with Crippen molar-refractivity contribution in [1.29, 1.82) is 0 Å². The number of hydrogen-bond acceptors (Lipinski definition) is 6. The van der Waals surface area contributed by atoms with Crippen molar-refractivity contribution in [3.05, 3.63) is 48.3 Å². The van der Waals surface area contributed by atoms with Crippen LogP contribution in [0.3, 0.4) is 0 Å². The molecule has 1 unspecified atom stereocenters. The van der Waals surface area contributed by atoms with Gasteiger partial charge in [-0.3, -0.25) is 14.6 Å². The zero-order valence-electron chi connectivity index (χ0n) is 14.8. The molecule has 7 nitrogen and oxygen atoms in total. The van der Waals surface area contributed by atoms with E-state index in [4.69, 9.17) is 9.47 Å². The van der Waals surface area contributed by atoms with Crippen LogP contribution in [-0.4, -0.2) is 36.1 Å². The number of para-hydroxylation sites is 1. The normalized spacial score (nSPS) is 18.7. The lowest BCUT2D eigenvalue weighted by atomic mass is 10.3. The molecule has 1 saturated heterocycles. The highest BCUT2D eigenvalue weighted by Crippen LogP contribution is 2.35. The van der Waals surface area contributed by atoms with Gasteiger partial charge in [-0.2, -0.15) is 0 Å². The molecular weight excluding hydrogens is 385 g/mol. The lowest BCUT2D eigenvalue weighted by Gasteiger charge is -2.16. The summed E-state index contributed by atoms with van der Waals surface area (Å²) in [5, 5.41) is 2.88. The number of amides is 2. The third-order valence-corrected chi connectivity index (χ3v) is 5.44. The van der Waals surface area contributed by atoms with E-state index in [9.17, 15) is 14.0 Å². The zero-order valence-corrected chi connectivity index (χ0v) is 15.7. The topological polar surface area (TPSA) is 80.2 Å². The predicted octanol–water partition coefficient (Wildman–Crippen LogP) is 3.02. The molecule has 144 valence electrons. The van der Waals surface area contributed by atoms with Gasteiger partial charge < -0.3 is 14.8 Å². The van der Waals surface area contributed by atoms with Crippen LogP contribution in [0.5, 0.6) is 11.5 Å². The zero-order chi connectivity index (χ0) is 19.7. The number of anilines is 2. The average Bonchev–Trinajstić information content (AvgIpc) is 3.26. The van der Waals surface area contributed by atoms with Crippen LogP contribution < -0.4 is 19.7 Å². The Morgan fingerprint density at radius 3 is 2.79 bits per heavy atom. The lowest BCUT2D eigenvalue weighted by Crippen LogP contribution is -2.32. The van der Waals surface area contributed by atoms with E-state index in [2.05, 4.69) is 10.3 Å². The summed E-state index contributed by atoms with van der Waals surface area (Å²) >= 11 is 1.13. The molecule has 0 spiro atoms. The number of carbonyl (C=O) groups excluding carboxylic acids is 2. The number of hydrogen-bond donors (Lipinski definition) is 1. The van der Waals surface area contributed by atoms with Crippen LogP contribution in [-0.2, 0) is 9.59 Å². The third-order valence-electron chi connectivity index (χ3n) is 4.28. The van der Waals surface area contributed by atoms with Gasteiger partial charge in [0.05, 0.1) is 5.69 Å². The quantitative estimate of drug-likeness (QED) is 0.484. The first-order valence-electron chi connectivity index (χ1n) is 8.48. The summed E-state index contributed by atoms with van der Waals surface area (Å²) in [6, 6.07) is 11.1. The molecule has 0 bridgehead atoms. The van der Waals surface area contributed by atoms with Crippen molar-refractivity contribution in [1.82, 2.24) is 0 Å². The molecule has 0 saturated carbocycles. The number of ether oxygens (including phenoxy) is 2. The minimum Gasteiger partial charge on any atom is -0.454 e. The smallest absolute Gasteiger partial charge is 0.247 e. The van der Waals surface area contributed by atoms with Crippen molar-refractivity contribution in [3.8, 4) is 11.5 Å². The van der Waals surface area contributed by atoms with Gasteiger partial charge in [0.2, 0.25) is 18.6 Å². The number of nitrogens with one attached hydrogen (secondary N) is 1. The summed E-state index contributed by atoms with van der Waals surface area (Å²) in [5.74, 6) is -0.244. The molecule has 0 radical (unpaired) electrons. The van der Waals surface area contributed by atoms with Crippen LogP contribution in [0.25, 0.3) is 0 Å². The third kappa shape index (κ3) is 3.40. The van der Waals surface area contributed by atoms with Crippen molar-refractivity contribution in [3.63, 3.8) is 0 Å². The maximum absolute atomic E-state index is 14.0. The van der Waals surface area contributed by atoms with E-state index in [0.29, 0.717) is 22.4 Å². The second-order valence-electron chi connectivity index (χ2n) is 6.05. The van der Waals surface area contributed by atoms with E-state index in [0.717, 1.165) is 16.7 Å². The van der Waals surface area contributed by atoms with Crippen LogP contribution in [0.2, 0.25) is 0 Å². The van der Waals surface area contributed by atoms with E-state index < -0.39 is 22.9 Å². The van der Waals surface area contributed by atoms with Crippen LogP contribution in [0.15, 0.2) is 47.5 Å². The van der Waals surface area contributed by atoms with Crippen LogP contribution >= 0.6 is 11.8 Å². The minimum atomic E-state index is -0.688. The Labute approximate surface area is 164 Å². The number of benzene rings is 2. The number of aliphatic imine (C=N–C) groups is 1. The van der Waals surface area contributed by atoms with E-state index in [1.165, 1.54) is 18.2 Å². The number of rotatable bonds is 3. The number of amidine groups is 1. The molecule has 2 heterocycles. The highest BCUT2D eigenvalue weighted by Gasteiger charge is 2.41. The second-order valence-corrected chi connectivity index (χ2v) is 7.24.